The van der Waals surface area contributed by atoms with Gasteiger partial charge in [-0.05, 0) is 23.6 Å². The molecule has 2 rings (SSSR count). The van der Waals surface area contributed by atoms with Crippen molar-refractivity contribution in [2.45, 2.75) is 13.0 Å². The van der Waals surface area contributed by atoms with Crippen molar-refractivity contribution >= 4 is 23.6 Å². The first-order valence-electron chi connectivity index (χ1n) is 6.52. The molecule has 1 atom stereocenters. The molecule has 0 fully saturated rings. The number of aldehydes is 1. The summed E-state index contributed by atoms with van der Waals surface area (Å²) in [7, 11) is 3.08. The molecule has 6 heteroatoms. The Morgan fingerprint density at radius 1 is 1.18 bits per heavy atom. The molecule has 0 aliphatic rings. The van der Waals surface area contributed by atoms with E-state index in [1.807, 2.05) is 0 Å². The van der Waals surface area contributed by atoms with Crippen LogP contribution in [-0.4, -0.2) is 26.5 Å². The maximum absolute atomic E-state index is 11.4. The van der Waals surface area contributed by atoms with Gasteiger partial charge in [0.15, 0.2) is 23.9 Å². The SMILES string of the molecule is COc1ccc(C(OC(C)=O)c2sccc2C=O)cc1OC. The van der Waals surface area contributed by atoms with E-state index < -0.39 is 12.1 Å². The molecule has 5 nitrogen and oxygen atoms in total. The van der Waals surface area contributed by atoms with Crippen LogP contribution in [0.1, 0.15) is 33.8 Å². The molecule has 1 unspecified atom stereocenters. The highest BCUT2D eigenvalue weighted by Crippen LogP contribution is 2.36. The fraction of sp³-hybridized carbons (Fsp3) is 0.250. The Hall–Kier alpha value is -2.34. The Bertz CT molecular complexity index is 677. The minimum Gasteiger partial charge on any atom is -0.493 e. The molecule has 0 saturated carbocycles. The number of carbonyl (C=O) groups is 2. The van der Waals surface area contributed by atoms with Crippen LogP contribution in [0.15, 0.2) is 29.6 Å². The minimum atomic E-state index is -0.655. The van der Waals surface area contributed by atoms with Gasteiger partial charge in [-0.25, -0.2) is 0 Å². The van der Waals surface area contributed by atoms with Crippen LogP contribution in [-0.2, 0) is 9.53 Å². The fourth-order valence-corrected chi connectivity index (χ4v) is 3.02. The number of esters is 1. The van der Waals surface area contributed by atoms with E-state index in [0.29, 0.717) is 27.5 Å². The van der Waals surface area contributed by atoms with Crippen molar-refractivity contribution in [3.8, 4) is 11.5 Å². The Morgan fingerprint density at radius 3 is 2.50 bits per heavy atom. The molecule has 0 aliphatic heterocycles. The number of thiophene rings is 1. The molecule has 2 aromatic rings. The summed E-state index contributed by atoms with van der Waals surface area (Å²) in [5.74, 6) is 0.681. The highest BCUT2D eigenvalue weighted by atomic mass is 32.1. The average molecular weight is 320 g/mol. The zero-order chi connectivity index (χ0) is 16.1. The largest absolute Gasteiger partial charge is 0.493 e. The van der Waals surface area contributed by atoms with Crippen LogP contribution in [0.5, 0.6) is 11.5 Å². The first kappa shape index (κ1) is 16.0. The zero-order valence-electron chi connectivity index (χ0n) is 12.5. The van der Waals surface area contributed by atoms with Gasteiger partial charge in [-0.15, -0.1) is 11.3 Å². The van der Waals surface area contributed by atoms with Crippen molar-refractivity contribution in [3.05, 3.63) is 45.6 Å². The summed E-state index contributed by atoms with van der Waals surface area (Å²) >= 11 is 1.36. The Kier molecular flexibility index (Phi) is 5.16. The van der Waals surface area contributed by atoms with Crippen molar-refractivity contribution < 1.29 is 23.8 Å². The summed E-state index contributed by atoms with van der Waals surface area (Å²) in [6, 6.07) is 6.95. The van der Waals surface area contributed by atoms with Gasteiger partial charge in [0.1, 0.15) is 0 Å². The van der Waals surface area contributed by atoms with Crippen molar-refractivity contribution in [1.29, 1.82) is 0 Å². The van der Waals surface area contributed by atoms with Gasteiger partial charge in [0.25, 0.3) is 0 Å². The third-order valence-corrected chi connectivity index (χ3v) is 4.06. The summed E-state index contributed by atoms with van der Waals surface area (Å²) in [5.41, 5.74) is 1.21. The first-order valence-corrected chi connectivity index (χ1v) is 7.40. The van der Waals surface area contributed by atoms with Crippen LogP contribution in [0.2, 0.25) is 0 Å². The molecule has 22 heavy (non-hydrogen) atoms. The van der Waals surface area contributed by atoms with Crippen LogP contribution in [0.4, 0.5) is 0 Å². The van der Waals surface area contributed by atoms with E-state index in [2.05, 4.69) is 0 Å². The van der Waals surface area contributed by atoms with Crippen molar-refractivity contribution in [3.63, 3.8) is 0 Å². The summed E-state index contributed by atoms with van der Waals surface area (Å²) in [6.45, 7) is 1.34. The molecule has 1 aromatic carbocycles. The van der Waals surface area contributed by atoms with Gasteiger partial charge < -0.3 is 14.2 Å². The highest BCUT2D eigenvalue weighted by Gasteiger charge is 2.23. The Labute approximate surface area is 132 Å². The fourth-order valence-electron chi connectivity index (χ4n) is 2.10. The maximum atomic E-state index is 11.4. The number of carbonyl (C=O) groups excluding carboxylic acids is 2. The van der Waals surface area contributed by atoms with E-state index in [0.717, 1.165) is 6.29 Å². The molecule has 0 radical (unpaired) electrons. The van der Waals surface area contributed by atoms with Gasteiger partial charge in [-0.1, -0.05) is 6.07 Å². The van der Waals surface area contributed by atoms with E-state index in [4.69, 9.17) is 14.2 Å². The molecule has 1 aromatic heterocycles. The lowest BCUT2D eigenvalue weighted by atomic mass is 10.0. The third kappa shape index (κ3) is 3.28. The lowest BCUT2D eigenvalue weighted by molar-refractivity contribution is -0.144. The number of hydrogen-bond acceptors (Lipinski definition) is 6. The first-order chi connectivity index (χ1) is 10.6. The Balaban J connectivity index is 2.50. The molecule has 0 spiro atoms. The molecule has 0 amide bonds. The number of rotatable bonds is 6. The second-order valence-corrected chi connectivity index (χ2v) is 5.41. The van der Waals surface area contributed by atoms with Crippen molar-refractivity contribution in [2.24, 2.45) is 0 Å². The summed E-state index contributed by atoms with van der Waals surface area (Å²) < 4.78 is 15.9. The standard InChI is InChI=1S/C16H16O5S/c1-10(18)21-15(16-12(9-17)6-7-22-16)11-4-5-13(19-2)14(8-11)20-3/h4-9,15H,1-3H3. The average Bonchev–Trinajstić information content (AvgIpc) is 3.00. The van der Waals surface area contributed by atoms with Crippen LogP contribution in [0.3, 0.4) is 0 Å². The van der Waals surface area contributed by atoms with Gasteiger partial charge in [0.05, 0.1) is 19.1 Å². The monoisotopic (exact) mass is 320 g/mol. The molecular weight excluding hydrogens is 304 g/mol. The molecule has 0 saturated heterocycles. The normalized spacial score (nSPS) is 11.6. The molecule has 116 valence electrons. The molecule has 1 heterocycles. The van der Waals surface area contributed by atoms with Crippen molar-refractivity contribution in [2.75, 3.05) is 14.2 Å². The zero-order valence-corrected chi connectivity index (χ0v) is 13.3. The van der Waals surface area contributed by atoms with E-state index in [-0.39, 0.29) is 0 Å². The molecule has 0 N–H and O–H groups in total. The van der Waals surface area contributed by atoms with E-state index in [1.54, 1.807) is 36.8 Å². The Morgan fingerprint density at radius 2 is 1.91 bits per heavy atom. The molecular formula is C16H16O5S. The van der Waals surface area contributed by atoms with E-state index in [9.17, 15) is 9.59 Å². The highest BCUT2D eigenvalue weighted by molar-refractivity contribution is 7.10. The van der Waals surface area contributed by atoms with Crippen LogP contribution in [0.25, 0.3) is 0 Å². The van der Waals surface area contributed by atoms with E-state index in [1.165, 1.54) is 25.4 Å². The van der Waals surface area contributed by atoms with Crippen LogP contribution < -0.4 is 9.47 Å². The number of hydrogen-bond donors (Lipinski definition) is 0. The second-order valence-electron chi connectivity index (χ2n) is 4.46. The van der Waals surface area contributed by atoms with Gasteiger partial charge >= 0.3 is 5.97 Å². The third-order valence-electron chi connectivity index (χ3n) is 3.09. The summed E-state index contributed by atoms with van der Waals surface area (Å²) in [5, 5.41) is 1.79. The van der Waals surface area contributed by atoms with Gasteiger partial charge in [-0.2, -0.15) is 0 Å². The number of benzene rings is 1. The van der Waals surface area contributed by atoms with Crippen molar-refractivity contribution in [1.82, 2.24) is 0 Å². The quantitative estimate of drug-likeness (QED) is 0.604. The summed E-state index contributed by atoms with van der Waals surface area (Å²) in [4.78, 5) is 23.3. The maximum Gasteiger partial charge on any atom is 0.303 e. The predicted molar refractivity (Wildman–Crippen MR) is 82.9 cm³/mol. The van der Waals surface area contributed by atoms with Gasteiger partial charge in [0, 0.05) is 18.1 Å². The minimum absolute atomic E-state index is 0.426. The predicted octanol–water partition coefficient (Wildman–Crippen LogP) is 3.23. The lowest BCUT2D eigenvalue weighted by Crippen LogP contribution is -2.10. The van der Waals surface area contributed by atoms with Gasteiger partial charge in [0.2, 0.25) is 0 Å². The smallest absolute Gasteiger partial charge is 0.303 e. The van der Waals surface area contributed by atoms with Gasteiger partial charge in [-0.3, -0.25) is 9.59 Å². The second kappa shape index (κ2) is 7.09. The van der Waals surface area contributed by atoms with E-state index >= 15 is 0 Å². The number of ether oxygens (including phenoxy) is 3. The number of methoxy groups -OCH3 is 2. The molecule has 0 bridgehead atoms. The molecule has 0 aliphatic carbocycles. The topological polar surface area (TPSA) is 61.8 Å². The summed E-state index contributed by atoms with van der Waals surface area (Å²) in [6.07, 6.45) is 0.0980. The van der Waals surface area contributed by atoms with Crippen LogP contribution >= 0.6 is 11.3 Å². The van der Waals surface area contributed by atoms with Crippen LogP contribution in [0, 0.1) is 0 Å². The lowest BCUT2D eigenvalue weighted by Gasteiger charge is -2.18.